The topological polar surface area (TPSA) is 101 Å². The lowest BCUT2D eigenvalue weighted by molar-refractivity contribution is 0.0793. The van der Waals surface area contributed by atoms with E-state index in [9.17, 15) is 9.18 Å². The van der Waals surface area contributed by atoms with Crippen LogP contribution >= 0.6 is 11.6 Å². The molecule has 0 aliphatic carbocycles. The molecule has 3 rings (SSSR count). The summed E-state index contributed by atoms with van der Waals surface area (Å²) >= 11 is 5.81. The molecule has 0 saturated carbocycles. The highest BCUT2D eigenvalue weighted by Gasteiger charge is 2.19. The summed E-state index contributed by atoms with van der Waals surface area (Å²) in [5.41, 5.74) is 6.74. The molecule has 0 radical (unpaired) electrons. The number of benzene rings is 1. The molecule has 24 heavy (non-hydrogen) atoms. The highest BCUT2D eigenvalue weighted by Crippen LogP contribution is 2.29. The first kappa shape index (κ1) is 16.3. The SMILES string of the molecule is CN(CCN)C(=O)c1cnc2c(-c3cccc(Cl)c3F)[nH]nc2n1. The average molecular weight is 349 g/mol. The Balaban J connectivity index is 2.03. The standard InChI is InChI=1S/C15H14ClFN6O/c1-23(6-5-18)15(24)10-7-19-13-12(21-22-14(13)20-10)8-3-2-4-9(16)11(8)17/h2-4,7H,5-6,18H2,1H3,(H,20,21,22). The first-order valence-electron chi connectivity index (χ1n) is 7.14. The maximum absolute atomic E-state index is 14.2. The molecule has 0 aliphatic heterocycles. The summed E-state index contributed by atoms with van der Waals surface area (Å²) in [6.07, 6.45) is 1.33. The van der Waals surface area contributed by atoms with Crippen molar-refractivity contribution in [3.05, 3.63) is 40.9 Å². The summed E-state index contributed by atoms with van der Waals surface area (Å²) in [5, 5.41) is 6.71. The molecule has 0 atom stereocenters. The molecule has 2 heterocycles. The van der Waals surface area contributed by atoms with Crippen LogP contribution in [0.3, 0.4) is 0 Å². The van der Waals surface area contributed by atoms with Crippen molar-refractivity contribution in [3.8, 4) is 11.3 Å². The molecule has 9 heteroatoms. The van der Waals surface area contributed by atoms with E-state index >= 15 is 0 Å². The van der Waals surface area contributed by atoms with Crippen molar-refractivity contribution in [3.63, 3.8) is 0 Å². The maximum Gasteiger partial charge on any atom is 0.273 e. The Hall–Kier alpha value is -2.58. The number of rotatable bonds is 4. The minimum absolute atomic E-state index is 0.00147. The highest BCUT2D eigenvalue weighted by molar-refractivity contribution is 6.31. The summed E-state index contributed by atoms with van der Waals surface area (Å²) < 4.78 is 14.2. The molecule has 1 amide bonds. The summed E-state index contributed by atoms with van der Waals surface area (Å²) in [4.78, 5) is 22.0. The van der Waals surface area contributed by atoms with Gasteiger partial charge in [0.25, 0.3) is 5.91 Å². The number of likely N-dealkylation sites (N-methyl/N-ethyl adjacent to an activating group) is 1. The van der Waals surface area contributed by atoms with Crippen LogP contribution in [0.15, 0.2) is 24.4 Å². The number of nitrogens with zero attached hydrogens (tertiary/aromatic N) is 4. The van der Waals surface area contributed by atoms with Gasteiger partial charge in [0.15, 0.2) is 5.82 Å². The van der Waals surface area contributed by atoms with Crippen LogP contribution in [0.2, 0.25) is 5.02 Å². The number of hydrogen-bond donors (Lipinski definition) is 2. The van der Waals surface area contributed by atoms with E-state index in [-0.39, 0.29) is 27.8 Å². The van der Waals surface area contributed by atoms with E-state index in [1.165, 1.54) is 17.2 Å². The van der Waals surface area contributed by atoms with Gasteiger partial charge >= 0.3 is 0 Å². The number of aromatic amines is 1. The Morgan fingerprint density at radius 3 is 3.00 bits per heavy atom. The summed E-state index contributed by atoms with van der Waals surface area (Å²) in [6, 6.07) is 4.64. The minimum Gasteiger partial charge on any atom is -0.339 e. The van der Waals surface area contributed by atoms with Crippen LogP contribution in [-0.2, 0) is 0 Å². The van der Waals surface area contributed by atoms with E-state index in [1.807, 2.05) is 0 Å². The van der Waals surface area contributed by atoms with Gasteiger partial charge in [-0.1, -0.05) is 17.7 Å². The molecule has 0 aliphatic rings. The number of hydrogen-bond acceptors (Lipinski definition) is 5. The molecule has 0 bridgehead atoms. The van der Waals surface area contributed by atoms with Gasteiger partial charge in [-0.3, -0.25) is 9.89 Å². The second-order valence-electron chi connectivity index (χ2n) is 5.14. The van der Waals surface area contributed by atoms with Gasteiger partial charge in [0.2, 0.25) is 5.65 Å². The molecular formula is C15H14ClFN6O. The third-order valence-corrected chi connectivity index (χ3v) is 3.81. The Bertz CT molecular complexity index is 912. The quantitative estimate of drug-likeness (QED) is 0.749. The van der Waals surface area contributed by atoms with E-state index < -0.39 is 5.82 Å². The van der Waals surface area contributed by atoms with Crippen LogP contribution in [0.25, 0.3) is 22.4 Å². The van der Waals surface area contributed by atoms with Crippen molar-refractivity contribution < 1.29 is 9.18 Å². The van der Waals surface area contributed by atoms with Crippen molar-refractivity contribution in [2.24, 2.45) is 5.73 Å². The smallest absolute Gasteiger partial charge is 0.273 e. The van der Waals surface area contributed by atoms with Crippen LogP contribution in [0.5, 0.6) is 0 Å². The van der Waals surface area contributed by atoms with Crippen molar-refractivity contribution in [2.45, 2.75) is 0 Å². The Kier molecular flexibility index (Phi) is 4.41. The zero-order valence-corrected chi connectivity index (χ0v) is 13.5. The van der Waals surface area contributed by atoms with Crippen LogP contribution < -0.4 is 5.73 Å². The Labute approximate surface area is 141 Å². The number of halogens is 2. The summed E-state index contributed by atoms with van der Waals surface area (Å²) in [7, 11) is 1.62. The average Bonchev–Trinajstić information content (AvgIpc) is 3.00. The van der Waals surface area contributed by atoms with Gasteiger partial charge in [-0.05, 0) is 12.1 Å². The predicted octanol–water partition coefficient (Wildman–Crippen LogP) is 1.84. The summed E-state index contributed by atoms with van der Waals surface area (Å²) in [6.45, 7) is 0.747. The van der Waals surface area contributed by atoms with Gasteiger partial charge in [-0.2, -0.15) is 5.10 Å². The van der Waals surface area contributed by atoms with E-state index in [2.05, 4.69) is 20.2 Å². The first-order chi connectivity index (χ1) is 11.5. The molecule has 3 aromatic rings. The highest BCUT2D eigenvalue weighted by atomic mass is 35.5. The van der Waals surface area contributed by atoms with Gasteiger partial charge in [-0.25, -0.2) is 14.4 Å². The van der Waals surface area contributed by atoms with E-state index in [1.54, 1.807) is 19.2 Å². The van der Waals surface area contributed by atoms with Crippen molar-refractivity contribution in [1.29, 1.82) is 0 Å². The molecule has 1 aromatic carbocycles. The van der Waals surface area contributed by atoms with Gasteiger partial charge in [0.1, 0.15) is 11.2 Å². The second-order valence-corrected chi connectivity index (χ2v) is 5.55. The number of carbonyl (C=O) groups excluding carboxylic acids is 1. The van der Waals surface area contributed by atoms with Crippen molar-refractivity contribution in [1.82, 2.24) is 25.1 Å². The number of nitrogens with two attached hydrogens (primary N) is 1. The zero-order valence-electron chi connectivity index (χ0n) is 12.8. The maximum atomic E-state index is 14.2. The summed E-state index contributed by atoms with van der Waals surface area (Å²) in [5.74, 6) is -0.886. The monoisotopic (exact) mass is 348 g/mol. The van der Waals surface area contributed by atoms with Crippen LogP contribution in [-0.4, -0.2) is 51.1 Å². The van der Waals surface area contributed by atoms with Crippen molar-refractivity contribution in [2.75, 3.05) is 20.1 Å². The molecule has 124 valence electrons. The lowest BCUT2D eigenvalue weighted by Gasteiger charge is -2.14. The molecule has 0 unspecified atom stereocenters. The number of nitrogens with one attached hydrogen (secondary N) is 1. The molecular weight excluding hydrogens is 335 g/mol. The predicted molar refractivity (Wildman–Crippen MR) is 88.1 cm³/mol. The van der Waals surface area contributed by atoms with Crippen LogP contribution in [0.4, 0.5) is 4.39 Å². The van der Waals surface area contributed by atoms with Gasteiger partial charge in [0.05, 0.1) is 16.9 Å². The lowest BCUT2D eigenvalue weighted by atomic mass is 10.1. The number of H-pyrrole nitrogens is 1. The van der Waals surface area contributed by atoms with Gasteiger partial charge in [-0.15, -0.1) is 0 Å². The van der Waals surface area contributed by atoms with Gasteiger partial charge in [0, 0.05) is 25.7 Å². The minimum atomic E-state index is -0.575. The third-order valence-electron chi connectivity index (χ3n) is 3.52. The largest absolute Gasteiger partial charge is 0.339 e. The Morgan fingerprint density at radius 2 is 2.25 bits per heavy atom. The molecule has 3 N–H and O–H groups in total. The molecule has 0 spiro atoms. The van der Waals surface area contributed by atoms with E-state index in [4.69, 9.17) is 17.3 Å². The van der Waals surface area contributed by atoms with E-state index in [0.29, 0.717) is 24.3 Å². The van der Waals surface area contributed by atoms with Gasteiger partial charge < -0.3 is 10.6 Å². The normalized spacial score (nSPS) is 11.0. The van der Waals surface area contributed by atoms with Crippen LogP contribution in [0.1, 0.15) is 10.5 Å². The lowest BCUT2D eigenvalue weighted by Crippen LogP contribution is -2.32. The third kappa shape index (κ3) is 2.81. The first-order valence-corrected chi connectivity index (χ1v) is 7.51. The van der Waals surface area contributed by atoms with Crippen molar-refractivity contribution >= 4 is 28.7 Å². The molecule has 0 saturated heterocycles. The molecule has 0 fully saturated rings. The molecule has 2 aromatic heterocycles. The number of fused-ring (bicyclic) bond motifs is 1. The fraction of sp³-hybridized carbons (Fsp3) is 0.200. The second kappa shape index (κ2) is 6.50. The van der Waals surface area contributed by atoms with E-state index in [0.717, 1.165) is 0 Å². The fourth-order valence-electron chi connectivity index (χ4n) is 2.27. The number of aromatic nitrogens is 4. The number of amides is 1. The zero-order chi connectivity index (χ0) is 17.3. The molecule has 7 nitrogen and oxygen atoms in total. The Morgan fingerprint density at radius 1 is 1.46 bits per heavy atom. The number of carbonyl (C=O) groups is 1. The fourth-order valence-corrected chi connectivity index (χ4v) is 2.45. The van der Waals surface area contributed by atoms with Crippen LogP contribution in [0, 0.1) is 5.82 Å².